The standard InChI is InChI=1S/C18H24FNO/c19-17-6-2-1-5-16(17)10-9-15-4-3-11-20(13-15)18(21)12-14-7-8-14/h1-2,5-6,14-15H,3-4,7-13H2. The topological polar surface area (TPSA) is 20.3 Å². The van der Waals surface area contributed by atoms with Gasteiger partial charge in [-0.1, -0.05) is 18.2 Å². The minimum Gasteiger partial charge on any atom is -0.342 e. The van der Waals surface area contributed by atoms with E-state index in [4.69, 9.17) is 0 Å². The summed E-state index contributed by atoms with van der Waals surface area (Å²) in [5, 5.41) is 0. The predicted octanol–water partition coefficient (Wildman–Crippen LogP) is 3.80. The quantitative estimate of drug-likeness (QED) is 0.807. The number of benzene rings is 1. The van der Waals surface area contributed by atoms with Crippen molar-refractivity contribution in [2.75, 3.05) is 13.1 Å². The van der Waals surface area contributed by atoms with Gasteiger partial charge in [-0.15, -0.1) is 0 Å². The highest BCUT2D eigenvalue weighted by Gasteiger charge is 2.29. The van der Waals surface area contributed by atoms with Gasteiger partial charge in [0.1, 0.15) is 5.82 Å². The molecule has 1 amide bonds. The summed E-state index contributed by atoms with van der Waals surface area (Å²) in [5.41, 5.74) is 0.805. The SMILES string of the molecule is O=C(CC1CC1)N1CCCC(CCc2ccccc2F)C1. The second-order valence-corrected chi connectivity index (χ2v) is 6.63. The highest BCUT2D eigenvalue weighted by molar-refractivity contribution is 5.76. The van der Waals surface area contributed by atoms with Gasteiger partial charge in [0.2, 0.25) is 5.91 Å². The van der Waals surface area contributed by atoms with E-state index < -0.39 is 0 Å². The molecule has 0 bridgehead atoms. The number of hydrogen-bond acceptors (Lipinski definition) is 1. The third-order valence-corrected chi connectivity index (χ3v) is 4.81. The average molecular weight is 289 g/mol. The summed E-state index contributed by atoms with van der Waals surface area (Å²) in [4.78, 5) is 14.2. The number of hydrogen-bond donors (Lipinski definition) is 0. The van der Waals surface area contributed by atoms with Gasteiger partial charge in [0.25, 0.3) is 0 Å². The Morgan fingerprint density at radius 1 is 1.19 bits per heavy atom. The molecule has 1 aromatic rings. The zero-order chi connectivity index (χ0) is 14.7. The molecule has 0 spiro atoms. The van der Waals surface area contributed by atoms with Gasteiger partial charge in [-0.3, -0.25) is 4.79 Å². The van der Waals surface area contributed by atoms with E-state index in [-0.39, 0.29) is 5.82 Å². The van der Waals surface area contributed by atoms with E-state index in [0.717, 1.165) is 44.3 Å². The number of halogens is 1. The van der Waals surface area contributed by atoms with E-state index in [1.807, 2.05) is 17.0 Å². The van der Waals surface area contributed by atoms with Crippen LogP contribution < -0.4 is 0 Å². The van der Waals surface area contributed by atoms with E-state index in [1.54, 1.807) is 6.07 Å². The smallest absolute Gasteiger partial charge is 0.222 e. The molecule has 1 aliphatic carbocycles. The van der Waals surface area contributed by atoms with Crippen LogP contribution in [-0.2, 0) is 11.2 Å². The third kappa shape index (κ3) is 4.05. The molecule has 0 N–H and O–H groups in total. The summed E-state index contributed by atoms with van der Waals surface area (Å²) in [6.45, 7) is 1.79. The molecule has 1 aromatic carbocycles. The number of carbonyl (C=O) groups excluding carboxylic acids is 1. The molecule has 1 saturated carbocycles. The van der Waals surface area contributed by atoms with Gasteiger partial charge in [-0.2, -0.15) is 0 Å². The molecule has 1 heterocycles. The third-order valence-electron chi connectivity index (χ3n) is 4.81. The Balaban J connectivity index is 1.49. The monoisotopic (exact) mass is 289 g/mol. The summed E-state index contributed by atoms with van der Waals surface area (Å²) in [6, 6.07) is 7.03. The molecule has 0 aromatic heterocycles. The number of amides is 1. The fourth-order valence-electron chi connectivity index (χ4n) is 3.29. The Morgan fingerprint density at radius 2 is 2.00 bits per heavy atom. The van der Waals surface area contributed by atoms with Gasteiger partial charge in [-0.05, 0) is 62.0 Å². The van der Waals surface area contributed by atoms with Crippen molar-refractivity contribution >= 4 is 5.91 Å². The first-order chi connectivity index (χ1) is 10.2. The lowest BCUT2D eigenvalue weighted by molar-refractivity contribution is -0.133. The molecule has 21 heavy (non-hydrogen) atoms. The maximum atomic E-state index is 13.6. The Labute approximate surface area is 126 Å². The van der Waals surface area contributed by atoms with Gasteiger partial charge in [0, 0.05) is 19.5 Å². The molecule has 1 saturated heterocycles. The highest BCUT2D eigenvalue weighted by atomic mass is 19.1. The average Bonchev–Trinajstić information content (AvgIpc) is 3.31. The number of carbonyl (C=O) groups is 1. The molecule has 2 nitrogen and oxygen atoms in total. The Morgan fingerprint density at radius 3 is 2.76 bits per heavy atom. The first-order valence-electron chi connectivity index (χ1n) is 8.23. The molecule has 1 aliphatic heterocycles. The Bertz CT molecular complexity index is 498. The summed E-state index contributed by atoms with van der Waals surface area (Å²) < 4.78 is 13.6. The van der Waals surface area contributed by atoms with Crippen molar-refractivity contribution in [2.24, 2.45) is 11.8 Å². The van der Waals surface area contributed by atoms with E-state index in [1.165, 1.54) is 25.3 Å². The largest absolute Gasteiger partial charge is 0.342 e. The van der Waals surface area contributed by atoms with Crippen molar-refractivity contribution in [1.82, 2.24) is 4.90 Å². The molecule has 1 unspecified atom stereocenters. The van der Waals surface area contributed by atoms with Crippen LogP contribution in [0.5, 0.6) is 0 Å². The first-order valence-corrected chi connectivity index (χ1v) is 8.23. The van der Waals surface area contributed by atoms with Crippen LogP contribution in [0.15, 0.2) is 24.3 Å². The molecule has 2 fully saturated rings. The van der Waals surface area contributed by atoms with Crippen molar-refractivity contribution in [1.29, 1.82) is 0 Å². The summed E-state index contributed by atoms with van der Waals surface area (Å²) in [6.07, 6.45) is 7.24. The number of piperidine rings is 1. The van der Waals surface area contributed by atoms with E-state index in [2.05, 4.69) is 0 Å². The molecular formula is C18H24FNO. The molecule has 2 aliphatic rings. The number of nitrogens with zero attached hydrogens (tertiary/aromatic N) is 1. The Kier molecular flexibility index (Phi) is 4.57. The van der Waals surface area contributed by atoms with E-state index in [0.29, 0.717) is 17.7 Å². The van der Waals surface area contributed by atoms with Gasteiger partial charge >= 0.3 is 0 Å². The lowest BCUT2D eigenvalue weighted by Gasteiger charge is -2.33. The van der Waals surface area contributed by atoms with Crippen molar-refractivity contribution in [2.45, 2.75) is 44.9 Å². The lowest BCUT2D eigenvalue weighted by atomic mass is 9.91. The fraction of sp³-hybridized carbons (Fsp3) is 0.611. The summed E-state index contributed by atoms with van der Waals surface area (Å²) in [5.74, 6) is 1.43. The second kappa shape index (κ2) is 6.59. The van der Waals surface area contributed by atoms with Gasteiger partial charge < -0.3 is 4.90 Å². The number of rotatable bonds is 5. The lowest BCUT2D eigenvalue weighted by Crippen LogP contribution is -2.40. The predicted molar refractivity (Wildman–Crippen MR) is 81.4 cm³/mol. The van der Waals surface area contributed by atoms with Crippen molar-refractivity contribution in [3.63, 3.8) is 0 Å². The van der Waals surface area contributed by atoms with Crippen LogP contribution in [0.3, 0.4) is 0 Å². The Hall–Kier alpha value is -1.38. The van der Waals surface area contributed by atoms with Gasteiger partial charge in [-0.25, -0.2) is 4.39 Å². The highest BCUT2D eigenvalue weighted by Crippen LogP contribution is 2.33. The number of aryl methyl sites for hydroxylation is 1. The van der Waals surface area contributed by atoms with Crippen LogP contribution in [0.25, 0.3) is 0 Å². The van der Waals surface area contributed by atoms with E-state index >= 15 is 0 Å². The summed E-state index contributed by atoms with van der Waals surface area (Å²) >= 11 is 0. The van der Waals surface area contributed by atoms with Crippen LogP contribution in [0.2, 0.25) is 0 Å². The van der Waals surface area contributed by atoms with Crippen LogP contribution in [-0.4, -0.2) is 23.9 Å². The molecule has 114 valence electrons. The molecule has 0 radical (unpaired) electrons. The molecule has 3 heteroatoms. The zero-order valence-electron chi connectivity index (χ0n) is 12.6. The minimum absolute atomic E-state index is 0.102. The van der Waals surface area contributed by atoms with Crippen LogP contribution in [0.4, 0.5) is 4.39 Å². The molecule has 1 atom stereocenters. The van der Waals surface area contributed by atoms with Crippen molar-refractivity contribution in [3.05, 3.63) is 35.6 Å². The maximum Gasteiger partial charge on any atom is 0.222 e. The molecular weight excluding hydrogens is 265 g/mol. The summed E-state index contributed by atoms with van der Waals surface area (Å²) in [7, 11) is 0. The van der Waals surface area contributed by atoms with Crippen LogP contribution in [0, 0.1) is 17.7 Å². The minimum atomic E-state index is -0.102. The molecule has 3 rings (SSSR count). The van der Waals surface area contributed by atoms with Crippen molar-refractivity contribution < 1.29 is 9.18 Å². The van der Waals surface area contributed by atoms with Gasteiger partial charge in [0.05, 0.1) is 0 Å². The number of likely N-dealkylation sites (tertiary alicyclic amines) is 1. The van der Waals surface area contributed by atoms with Crippen LogP contribution >= 0.6 is 0 Å². The maximum absolute atomic E-state index is 13.6. The van der Waals surface area contributed by atoms with Crippen LogP contribution in [0.1, 0.15) is 44.1 Å². The van der Waals surface area contributed by atoms with Crippen molar-refractivity contribution in [3.8, 4) is 0 Å². The fourth-order valence-corrected chi connectivity index (χ4v) is 3.29. The van der Waals surface area contributed by atoms with E-state index in [9.17, 15) is 9.18 Å². The first kappa shape index (κ1) is 14.6. The van der Waals surface area contributed by atoms with Gasteiger partial charge in [0.15, 0.2) is 0 Å². The zero-order valence-corrected chi connectivity index (χ0v) is 12.6. The second-order valence-electron chi connectivity index (χ2n) is 6.63. The normalized spacial score (nSPS) is 22.3.